The minimum absolute atomic E-state index is 0.467. The Kier molecular flexibility index (Phi) is 10.4. The second-order valence-electron chi connectivity index (χ2n) is 5.79. The van der Waals surface area contributed by atoms with Crippen LogP contribution in [0.1, 0.15) is 77.6 Å². The molecule has 0 radical (unpaired) electrons. The predicted molar refractivity (Wildman–Crippen MR) is 86.0 cm³/mol. The normalized spacial score (nSPS) is 22.1. The predicted octanol–water partition coefficient (Wildman–Crippen LogP) is 5.69. The van der Waals surface area contributed by atoms with E-state index in [1.54, 1.807) is 6.08 Å². The van der Waals surface area contributed by atoms with Gasteiger partial charge in [0, 0.05) is 0 Å². The summed E-state index contributed by atoms with van der Waals surface area (Å²) >= 11 is 0. The van der Waals surface area contributed by atoms with E-state index < -0.39 is 0 Å². The zero-order chi connectivity index (χ0) is 14.5. The molecule has 0 bridgehead atoms. The first-order chi connectivity index (χ1) is 9.88. The molecule has 2 atom stereocenters. The minimum Gasteiger partial charge on any atom is -0.516 e. The summed E-state index contributed by atoms with van der Waals surface area (Å²) in [6, 6.07) is 0. The zero-order valence-corrected chi connectivity index (χ0v) is 13.1. The maximum atomic E-state index is 8.53. The molecule has 20 heavy (non-hydrogen) atoms. The first-order valence-electron chi connectivity index (χ1n) is 8.48. The topological polar surface area (TPSA) is 32.8 Å². The monoisotopic (exact) mass is 280 g/mol. The van der Waals surface area contributed by atoms with Crippen LogP contribution in [0.5, 0.6) is 0 Å². The van der Waals surface area contributed by atoms with Gasteiger partial charge in [0.1, 0.15) is 0 Å². The van der Waals surface area contributed by atoms with Crippen molar-refractivity contribution >= 4 is 0 Å². The molecule has 0 amide bonds. The standard InChI is InChI=1S/C18H32O2/c1-2-3-4-5-6-7-8-9-11-14-17-18(20-17)15-12-10-13-16-19/h9,11,13,16-19H,2-8,10,12,14-15H2,1H3/b11-9?,16-13-. The molecule has 2 nitrogen and oxygen atoms in total. The zero-order valence-electron chi connectivity index (χ0n) is 13.1. The van der Waals surface area contributed by atoms with E-state index in [-0.39, 0.29) is 0 Å². The molecule has 0 aromatic carbocycles. The SMILES string of the molecule is CCCCCCCCC=CCC1OC1CCC/C=C\O. The molecule has 1 fully saturated rings. The fourth-order valence-corrected chi connectivity index (χ4v) is 2.54. The van der Waals surface area contributed by atoms with Gasteiger partial charge in [-0.15, -0.1) is 0 Å². The number of allylic oxidation sites excluding steroid dienone is 2. The average molecular weight is 280 g/mol. The van der Waals surface area contributed by atoms with Crippen molar-refractivity contribution in [3.63, 3.8) is 0 Å². The molecule has 0 spiro atoms. The number of aliphatic hydroxyl groups excluding tert-OH is 1. The van der Waals surface area contributed by atoms with Gasteiger partial charge in [-0.25, -0.2) is 0 Å². The molecule has 2 heteroatoms. The highest BCUT2D eigenvalue weighted by Crippen LogP contribution is 2.30. The Morgan fingerprint density at radius 2 is 1.60 bits per heavy atom. The number of hydrogen-bond acceptors (Lipinski definition) is 2. The third-order valence-electron chi connectivity index (χ3n) is 3.91. The molecule has 1 aliphatic rings. The molecule has 116 valence electrons. The fraction of sp³-hybridized carbons (Fsp3) is 0.778. The summed E-state index contributed by atoms with van der Waals surface area (Å²) in [4.78, 5) is 0. The van der Waals surface area contributed by atoms with E-state index in [1.807, 2.05) is 0 Å². The van der Waals surface area contributed by atoms with E-state index in [2.05, 4.69) is 19.1 Å². The highest BCUT2D eigenvalue weighted by atomic mass is 16.6. The molecule has 0 aromatic heterocycles. The maximum absolute atomic E-state index is 8.53. The number of unbranched alkanes of at least 4 members (excludes halogenated alkanes) is 7. The smallest absolute Gasteiger partial charge is 0.0876 e. The van der Waals surface area contributed by atoms with Crippen molar-refractivity contribution < 1.29 is 9.84 Å². The highest BCUT2D eigenvalue weighted by molar-refractivity contribution is 4.94. The Morgan fingerprint density at radius 3 is 2.40 bits per heavy atom. The summed E-state index contributed by atoms with van der Waals surface area (Å²) in [5.74, 6) is 0. The Balaban J connectivity index is 1.83. The van der Waals surface area contributed by atoms with Crippen LogP contribution in [0, 0.1) is 0 Å². The Morgan fingerprint density at radius 1 is 0.850 bits per heavy atom. The lowest BCUT2D eigenvalue weighted by Crippen LogP contribution is -1.92. The molecule has 1 heterocycles. The minimum atomic E-state index is 0.467. The van der Waals surface area contributed by atoms with Crippen molar-refractivity contribution in [2.45, 2.75) is 89.8 Å². The Bertz CT molecular complexity index is 271. The molecule has 1 saturated heterocycles. The maximum Gasteiger partial charge on any atom is 0.0876 e. The highest BCUT2D eigenvalue weighted by Gasteiger charge is 2.36. The van der Waals surface area contributed by atoms with Crippen molar-refractivity contribution in [1.29, 1.82) is 0 Å². The van der Waals surface area contributed by atoms with Crippen LogP contribution in [-0.2, 0) is 4.74 Å². The quantitative estimate of drug-likeness (QED) is 0.203. The summed E-state index contributed by atoms with van der Waals surface area (Å²) in [5, 5.41) is 8.53. The molecular weight excluding hydrogens is 248 g/mol. The lowest BCUT2D eigenvalue weighted by atomic mass is 10.1. The van der Waals surface area contributed by atoms with Crippen LogP contribution in [0.15, 0.2) is 24.5 Å². The number of rotatable bonds is 13. The largest absolute Gasteiger partial charge is 0.516 e. The molecule has 2 unspecified atom stereocenters. The van der Waals surface area contributed by atoms with Gasteiger partial charge in [0.15, 0.2) is 0 Å². The molecule has 1 aliphatic heterocycles. The lowest BCUT2D eigenvalue weighted by molar-refractivity contribution is 0.360. The summed E-state index contributed by atoms with van der Waals surface area (Å²) in [5.41, 5.74) is 0. The van der Waals surface area contributed by atoms with Crippen molar-refractivity contribution in [3.8, 4) is 0 Å². The summed E-state index contributed by atoms with van der Waals surface area (Å²) < 4.78 is 5.63. The van der Waals surface area contributed by atoms with E-state index in [1.165, 1.54) is 44.9 Å². The van der Waals surface area contributed by atoms with E-state index in [9.17, 15) is 0 Å². The van der Waals surface area contributed by atoms with Crippen LogP contribution in [0.2, 0.25) is 0 Å². The van der Waals surface area contributed by atoms with Crippen molar-refractivity contribution in [1.82, 2.24) is 0 Å². The van der Waals surface area contributed by atoms with E-state index in [0.29, 0.717) is 12.2 Å². The number of hydrogen-bond donors (Lipinski definition) is 1. The number of aliphatic hydroxyl groups is 1. The lowest BCUT2D eigenvalue weighted by Gasteiger charge is -1.97. The van der Waals surface area contributed by atoms with Gasteiger partial charge in [-0.2, -0.15) is 0 Å². The van der Waals surface area contributed by atoms with Crippen molar-refractivity contribution in [2.24, 2.45) is 0 Å². The summed E-state index contributed by atoms with van der Waals surface area (Å²) in [6.45, 7) is 2.26. The van der Waals surface area contributed by atoms with Crippen molar-refractivity contribution in [2.75, 3.05) is 0 Å². The summed E-state index contributed by atoms with van der Waals surface area (Å²) in [7, 11) is 0. The molecule has 1 rings (SSSR count). The van der Waals surface area contributed by atoms with Gasteiger partial charge in [-0.3, -0.25) is 0 Å². The van der Waals surface area contributed by atoms with Crippen LogP contribution in [0.4, 0.5) is 0 Å². The summed E-state index contributed by atoms with van der Waals surface area (Å²) in [6.07, 6.45) is 22.2. The van der Waals surface area contributed by atoms with E-state index >= 15 is 0 Å². The first-order valence-corrected chi connectivity index (χ1v) is 8.48. The molecular formula is C18H32O2. The number of epoxide rings is 1. The van der Waals surface area contributed by atoms with E-state index in [0.717, 1.165) is 31.9 Å². The second kappa shape index (κ2) is 12.0. The van der Waals surface area contributed by atoms with Crippen LogP contribution in [-0.4, -0.2) is 17.3 Å². The van der Waals surface area contributed by atoms with Crippen LogP contribution < -0.4 is 0 Å². The van der Waals surface area contributed by atoms with Gasteiger partial charge >= 0.3 is 0 Å². The number of ether oxygens (including phenoxy) is 1. The molecule has 1 N–H and O–H groups in total. The Labute approximate surface area is 124 Å². The molecule has 0 aliphatic carbocycles. The third-order valence-corrected chi connectivity index (χ3v) is 3.91. The Hall–Kier alpha value is -0.760. The van der Waals surface area contributed by atoms with Gasteiger partial charge in [0.05, 0.1) is 18.5 Å². The molecule has 0 aromatic rings. The van der Waals surface area contributed by atoms with Gasteiger partial charge in [-0.05, 0) is 38.5 Å². The average Bonchev–Trinajstić information content (AvgIpc) is 3.20. The van der Waals surface area contributed by atoms with Gasteiger partial charge in [-0.1, -0.05) is 57.3 Å². The second-order valence-corrected chi connectivity index (χ2v) is 5.79. The van der Waals surface area contributed by atoms with Crippen LogP contribution >= 0.6 is 0 Å². The van der Waals surface area contributed by atoms with Crippen LogP contribution in [0.25, 0.3) is 0 Å². The van der Waals surface area contributed by atoms with Crippen LogP contribution in [0.3, 0.4) is 0 Å². The fourth-order valence-electron chi connectivity index (χ4n) is 2.54. The first kappa shape index (κ1) is 17.3. The van der Waals surface area contributed by atoms with Crippen molar-refractivity contribution in [3.05, 3.63) is 24.5 Å². The van der Waals surface area contributed by atoms with Gasteiger partial charge in [0.2, 0.25) is 0 Å². The third kappa shape index (κ3) is 9.19. The van der Waals surface area contributed by atoms with Gasteiger partial charge in [0.25, 0.3) is 0 Å². The molecule has 0 saturated carbocycles. The van der Waals surface area contributed by atoms with E-state index in [4.69, 9.17) is 9.84 Å². The van der Waals surface area contributed by atoms with Gasteiger partial charge < -0.3 is 9.84 Å².